The van der Waals surface area contributed by atoms with Crippen molar-refractivity contribution >= 4 is 11.7 Å². The largest absolute Gasteiger partial charge is 0.490 e. The Morgan fingerprint density at radius 1 is 1.20 bits per heavy atom. The van der Waals surface area contributed by atoms with Gasteiger partial charge in [0.1, 0.15) is 24.1 Å². The van der Waals surface area contributed by atoms with Crippen LogP contribution in [0.15, 0.2) is 36.4 Å². The molecule has 1 aromatic carbocycles. The molecule has 0 spiro atoms. The number of likely N-dealkylation sites (tertiary alicyclic amines) is 1. The van der Waals surface area contributed by atoms with Gasteiger partial charge in [0.2, 0.25) is 0 Å². The molecule has 5 rings (SSSR count). The van der Waals surface area contributed by atoms with Crippen molar-refractivity contribution in [3.8, 4) is 5.75 Å². The summed E-state index contributed by atoms with van der Waals surface area (Å²) in [4.78, 5) is 18.6. The number of carbonyl (C=O) groups is 1. The van der Waals surface area contributed by atoms with E-state index in [9.17, 15) is 14.3 Å². The second kappa shape index (κ2) is 10.9. The molecule has 0 amide bonds. The third-order valence-electron chi connectivity index (χ3n) is 6.95. The second-order valence-corrected chi connectivity index (χ2v) is 9.76. The number of aromatic nitrogens is 1. The van der Waals surface area contributed by atoms with Crippen LogP contribution >= 0.6 is 0 Å². The average Bonchev–Trinajstić information content (AvgIpc) is 3.60. The van der Waals surface area contributed by atoms with Crippen molar-refractivity contribution in [1.82, 2.24) is 9.88 Å². The van der Waals surface area contributed by atoms with Gasteiger partial charge in [-0.1, -0.05) is 18.2 Å². The van der Waals surface area contributed by atoms with Gasteiger partial charge < -0.3 is 19.9 Å². The number of anilines is 1. The summed E-state index contributed by atoms with van der Waals surface area (Å²) in [6.07, 6.45) is 5.00. The Labute approximate surface area is 205 Å². The van der Waals surface area contributed by atoms with Gasteiger partial charge in [0.25, 0.3) is 0 Å². The van der Waals surface area contributed by atoms with E-state index in [0.29, 0.717) is 17.9 Å². The molecular weight excluding hydrogens is 449 g/mol. The quantitative estimate of drug-likeness (QED) is 0.464. The van der Waals surface area contributed by atoms with E-state index in [1.165, 1.54) is 0 Å². The van der Waals surface area contributed by atoms with Gasteiger partial charge in [-0.3, -0.25) is 14.7 Å². The number of pyridine rings is 1. The van der Waals surface area contributed by atoms with Gasteiger partial charge in [0.15, 0.2) is 0 Å². The summed E-state index contributed by atoms with van der Waals surface area (Å²) in [7, 11) is 0. The molecule has 1 unspecified atom stereocenters. The fraction of sp³-hybridized carbons (Fsp3) is 0.556. The van der Waals surface area contributed by atoms with E-state index in [-0.39, 0.29) is 19.2 Å². The first-order valence-electron chi connectivity index (χ1n) is 12.8. The maximum Gasteiger partial charge on any atom is 0.325 e. The Morgan fingerprint density at radius 2 is 2.06 bits per heavy atom. The fourth-order valence-electron chi connectivity index (χ4n) is 4.95. The summed E-state index contributed by atoms with van der Waals surface area (Å²) in [6, 6.07) is 10.4. The normalized spacial score (nSPS) is 22.9. The maximum absolute atomic E-state index is 14.8. The summed E-state index contributed by atoms with van der Waals surface area (Å²) < 4.78 is 26.6. The van der Waals surface area contributed by atoms with Crippen molar-refractivity contribution in [2.75, 3.05) is 31.6 Å². The highest BCUT2D eigenvalue weighted by Crippen LogP contribution is 2.36. The van der Waals surface area contributed by atoms with E-state index in [4.69, 9.17) is 14.5 Å². The number of rotatable bonds is 11. The lowest BCUT2D eigenvalue weighted by atomic mass is 10.0. The van der Waals surface area contributed by atoms with Crippen LogP contribution in [-0.2, 0) is 22.4 Å². The number of hydrogen-bond donors (Lipinski definition) is 2. The minimum Gasteiger partial charge on any atom is -0.490 e. The predicted octanol–water partition coefficient (Wildman–Crippen LogP) is 4.17. The van der Waals surface area contributed by atoms with Crippen molar-refractivity contribution in [1.29, 1.82) is 0 Å². The highest BCUT2D eigenvalue weighted by Gasteiger charge is 2.41. The van der Waals surface area contributed by atoms with Gasteiger partial charge in [0.05, 0.1) is 17.5 Å². The van der Waals surface area contributed by atoms with E-state index in [1.807, 2.05) is 6.07 Å². The number of aliphatic carboxylic acids is 1. The maximum atomic E-state index is 14.8. The average molecular weight is 484 g/mol. The van der Waals surface area contributed by atoms with E-state index < -0.39 is 24.3 Å². The number of benzene rings is 1. The van der Waals surface area contributed by atoms with Crippen molar-refractivity contribution in [3.05, 3.63) is 53.3 Å². The first-order chi connectivity index (χ1) is 17.1. The van der Waals surface area contributed by atoms with Crippen molar-refractivity contribution in [2.45, 2.75) is 69.4 Å². The summed E-state index contributed by atoms with van der Waals surface area (Å²) in [5, 5.41) is 13.4. The lowest BCUT2D eigenvalue weighted by Gasteiger charge is -2.26. The van der Waals surface area contributed by atoms with Crippen molar-refractivity contribution < 1.29 is 23.8 Å². The first-order valence-corrected chi connectivity index (χ1v) is 12.8. The number of aryl methyl sites for hydroxylation is 2. The smallest absolute Gasteiger partial charge is 0.325 e. The zero-order chi connectivity index (χ0) is 24.2. The molecule has 2 fully saturated rings. The van der Waals surface area contributed by atoms with Gasteiger partial charge in [0, 0.05) is 37.5 Å². The molecule has 3 atom stereocenters. The molecule has 0 bridgehead atoms. The molecule has 1 saturated carbocycles. The summed E-state index contributed by atoms with van der Waals surface area (Å²) in [5.41, 5.74) is 3.95. The molecule has 0 radical (unpaired) electrons. The molecule has 7 nitrogen and oxygen atoms in total. The van der Waals surface area contributed by atoms with E-state index in [2.05, 4.69) is 17.4 Å². The number of hydrogen-bond acceptors (Lipinski definition) is 6. The van der Waals surface area contributed by atoms with E-state index in [1.54, 1.807) is 23.1 Å². The summed E-state index contributed by atoms with van der Waals surface area (Å²) in [6.45, 7) is 1.74. The van der Waals surface area contributed by atoms with Crippen LogP contribution < -0.4 is 10.1 Å². The minimum absolute atomic E-state index is 0.0342. The van der Waals surface area contributed by atoms with Crippen LogP contribution in [0.3, 0.4) is 0 Å². The van der Waals surface area contributed by atoms with Gasteiger partial charge >= 0.3 is 5.97 Å². The van der Waals surface area contributed by atoms with Gasteiger partial charge in [-0.15, -0.1) is 0 Å². The Balaban J connectivity index is 1.12. The van der Waals surface area contributed by atoms with E-state index in [0.717, 1.165) is 68.6 Å². The number of carboxylic acids is 1. The first kappa shape index (κ1) is 24.0. The summed E-state index contributed by atoms with van der Waals surface area (Å²) in [5.74, 6) is -0.425. The van der Waals surface area contributed by atoms with Crippen LogP contribution in [-0.4, -0.2) is 65.6 Å². The molecule has 1 saturated heterocycles. The number of alkyl halides is 1. The monoisotopic (exact) mass is 483 g/mol. The van der Waals surface area contributed by atoms with Crippen LogP contribution in [0.25, 0.3) is 0 Å². The van der Waals surface area contributed by atoms with Crippen LogP contribution in [0, 0.1) is 0 Å². The lowest BCUT2D eigenvalue weighted by Crippen LogP contribution is -2.34. The van der Waals surface area contributed by atoms with Gasteiger partial charge in [-0.2, -0.15) is 0 Å². The fourth-order valence-corrected chi connectivity index (χ4v) is 4.95. The number of nitrogens with one attached hydrogen (secondary N) is 1. The Morgan fingerprint density at radius 3 is 2.89 bits per heavy atom. The molecular formula is C27H34FN3O4. The molecule has 2 aromatic rings. The third-order valence-corrected chi connectivity index (χ3v) is 6.95. The van der Waals surface area contributed by atoms with Gasteiger partial charge in [-0.25, -0.2) is 4.39 Å². The number of ether oxygens (including phenoxy) is 2. The minimum atomic E-state index is -1.22. The number of halogens is 1. The van der Waals surface area contributed by atoms with Crippen molar-refractivity contribution in [2.24, 2.45) is 0 Å². The molecule has 1 aliphatic carbocycles. The predicted molar refractivity (Wildman–Crippen MR) is 131 cm³/mol. The Bertz CT molecular complexity index is 1030. The number of nitrogens with zero attached hydrogens (tertiary/aromatic N) is 2. The van der Waals surface area contributed by atoms with E-state index >= 15 is 0 Å². The van der Waals surface area contributed by atoms with Crippen LogP contribution in [0.1, 0.15) is 55.1 Å². The molecule has 2 N–H and O–H groups in total. The zero-order valence-corrected chi connectivity index (χ0v) is 20.0. The Kier molecular flexibility index (Phi) is 7.48. The lowest BCUT2D eigenvalue weighted by molar-refractivity contribution is -0.143. The van der Waals surface area contributed by atoms with Crippen LogP contribution in [0.2, 0.25) is 0 Å². The number of unbranched alkanes of at least 4 members (excludes halogenated alkanes) is 1. The summed E-state index contributed by atoms with van der Waals surface area (Å²) >= 11 is 0. The molecule has 3 heterocycles. The second-order valence-electron chi connectivity index (χ2n) is 9.76. The molecule has 2 aliphatic heterocycles. The number of carboxylic acid groups (broad SMARTS) is 1. The standard InChI is InChI=1S/C27H34FN3O4/c28-21-16-31(26(27(32)33)20-7-1-2-9-24(20)35-19-11-12-19)17-25(21)34-15-4-3-6-18-10-13-22-23(30-18)8-5-14-29-22/h1-2,7,9-10,13,19,21,25-26,29H,3-6,8,11-12,14-17H2,(H,32,33)/t21-,25+,26?/m1/s1. The van der Waals surface area contributed by atoms with Crippen LogP contribution in [0.4, 0.5) is 10.1 Å². The number of para-hydroxylation sites is 1. The highest BCUT2D eigenvalue weighted by atomic mass is 19.1. The molecule has 3 aliphatic rings. The zero-order valence-electron chi connectivity index (χ0n) is 20.0. The molecule has 8 heteroatoms. The third kappa shape index (κ3) is 5.93. The highest BCUT2D eigenvalue weighted by molar-refractivity contribution is 5.77. The van der Waals surface area contributed by atoms with Crippen LogP contribution in [0.5, 0.6) is 5.75 Å². The Hall–Kier alpha value is -2.71. The number of fused-ring (bicyclic) bond motifs is 1. The SMILES string of the molecule is O=C(O)C(c1ccccc1OC1CC1)N1C[C@@H](F)[C@@H](OCCCCc2ccc3c(n2)CCCN3)C1. The molecule has 188 valence electrons. The van der Waals surface area contributed by atoms with Gasteiger partial charge in [-0.05, 0) is 63.1 Å². The molecule has 35 heavy (non-hydrogen) atoms. The molecule has 1 aromatic heterocycles. The van der Waals surface area contributed by atoms with Crippen molar-refractivity contribution in [3.63, 3.8) is 0 Å². The topological polar surface area (TPSA) is 83.9 Å².